The van der Waals surface area contributed by atoms with Gasteiger partial charge in [0.2, 0.25) is 0 Å². The second kappa shape index (κ2) is 10.9. The number of benzene rings is 2. The maximum atomic E-state index is 12.9. The lowest BCUT2D eigenvalue weighted by Gasteiger charge is -2.31. The Hall–Kier alpha value is -2.19. The van der Waals surface area contributed by atoms with Crippen molar-refractivity contribution in [3.05, 3.63) is 64.7 Å². The molecule has 1 heterocycles. The number of carbonyl (C=O) groups is 1. The molecule has 170 valence electrons. The van der Waals surface area contributed by atoms with Gasteiger partial charge < -0.3 is 5.11 Å². The molecule has 1 atom stereocenters. The lowest BCUT2D eigenvalue weighted by molar-refractivity contribution is -0.138. The Kier molecular flexibility index (Phi) is 8.82. The zero-order valence-corrected chi connectivity index (χ0v) is 18.7. The van der Waals surface area contributed by atoms with Crippen LogP contribution in [-0.2, 0) is 28.4 Å². The van der Waals surface area contributed by atoms with Gasteiger partial charge in [-0.3, -0.25) is 4.79 Å². The van der Waals surface area contributed by atoms with Gasteiger partial charge in [-0.15, -0.1) is 0 Å². The molecule has 31 heavy (non-hydrogen) atoms. The Balaban J connectivity index is 0.00000166. The topological polar surface area (TPSA) is 57.6 Å². The minimum atomic E-state index is -4.34. The van der Waals surface area contributed by atoms with Gasteiger partial charge >= 0.3 is 12.1 Å². The molecular weight excluding hydrogens is 427 g/mol. The molecule has 0 aliphatic carbocycles. The van der Waals surface area contributed by atoms with E-state index in [1.54, 1.807) is 18.2 Å². The SMILES string of the molecule is CC.Cc1ccc(S(=O)N2CCC(c3ccc(C(F)(F)F)cc3)CC2)cc1CC(=O)O. The zero-order chi connectivity index (χ0) is 23.2. The molecule has 1 aliphatic heterocycles. The van der Waals surface area contributed by atoms with Crippen LogP contribution in [0.3, 0.4) is 0 Å². The molecule has 4 nitrogen and oxygen atoms in total. The minimum absolute atomic E-state index is 0.118. The standard InChI is InChI=1S/C21H22F3NO3S.C2H6/c1-14-2-7-19(12-17(14)13-20(26)27)29(28)25-10-8-16(9-11-25)15-3-5-18(6-4-15)21(22,23)24;1-2/h2-7,12,16H,8-11,13H2,1H3,(H,26,27);1-2H3. The van der Waals surface area contributed by atoms with Crippen molar-refractivity contribution in [2.75, 3.05) is 13.1 Å². The molecule has 0 saturated carbocycles. The van der Waals surface area contributed by atoms with E-state index in [9.17, 15) is 22.2 Å². The van der Waals surface area contributed by atoms with Crippen molar-refractivity contribution >= 4 is 17.0 Å². The maximum absolute atomic E-state index is 12.9. The number of hydrogen-bond acceptors (Lipinski definition) is 2. The number of piperidine rings is 1. The van der Waals surface area contributed by atoms with Gasteiger partial charge in [0.15, 0.2) is 0 Å². The summed E-state index contributed by atoms with van der Waals surface area (Å²) in [7, 11) is -1.40. The molecule has 1 saturated heterocycles. The molecule has 1 fully saturated rings. The number of carboxylic acid groups (broad SMARTS) is 1. The van der Waals surface area contributed by atoms with Crippen LogP contribution in [-0.4, -0.2) is 32.7 Å². The van der Waals surface area contributed by atoms with Crippen molar-refractivity contribution in [2.24, 2.45) is 0 Å². The van der Waals surface area contributed by atoms with Crippen molar-refractivity contribution in [2.45, 2.75) is 57.0 Å². The van der Waals surface area contributed by atoms with E-state index < -0.39 is 28.7 Å². The summed E-state index contributed by atoms with van der Waals surface area (Å²) in [5.41, 5.74) is 1.69. The molecular formula is C23H28F3NO3S. The third-order valence-electron chi connectivity index (χ3n) is 5.26. The monoisotopic (exact) mass is 455 g/mol. The molecule has 8 heteroatoms. The predicted molar refractivity (Wildman–Crippen MR) is 115 cm³/mol. The van der Waals surface area contributed by atoms with Gasteiger partial charge in [0.1, 0.15) is 11.0 Å². The Bertz CT molecular complexity index is 905. The molecule has 0 bridgehead atoms. The van der Waals surface area contributed by atoms with Crippen LogP contribution in [0.5, 0.6) is 0 Å². The van der Waals surface area contributed by atoms with Crippen molar-refractivity contribution in [1.82, 2.24) is 4.31 Å². The van der Waals surface area contributed by atoms with Crippen LogP contribution in [0.15, 0.2) is 47.4 Å². The number of nitrogens with zero attached hydrogens (tertiary/aromatic N) is 1. The molecule has 0 radical (unpaired) electrons. The first kappa shape index (κ1) is 25.1. The summed E-state index contributed by atoms with van der Waals surface area (Å²) in [4.78, 5) is 11.6. The highest BCUT2D eigenvalue weighted by Crippen LogP contribution is 2.33. The number of carboxylic acids is 1. The predicted octanol–water partition coefficient (Wildman–Crippen LogP) is 5.57. The van der Waals surface area contributed by atoms with Crippen LogP contribution >= 0.6 is 0 Å². The first-order valence-corrected chi connectivity index (χ1v) is 11.4. The average molecular weight is 456 g/mol. The number of hydrogen-bond donors (Lipinski definition) is 1. The van der Waals surface area contributed by atoms with E-state index in [1.165, 1.54) is 12.1 Å². The van der Waals surface area contributed by atoms with Crippen molar-refractivity contribution in [3.8, 4) is 0 Å². The van der Waals surface area contributed by atoms with E-state index in [2.05, 4.69) is 0 Å². The second-order valence-corrected chi connectivity index (χ2v) is 8.72. The van der Waals surface area contributed by atoms with Crippen LogP contribution in [0.25, 0.3) is 0 Å². The fraction of sp³-hybridized carbons (Fsp3) is 0.435. The molecule has 0 amide bonds. The second-order valence-electron chi connectivity index (χ2n) is 7.23. The molecule has 0 spiro atoms. The molecule has 3 rings (SSSR count). The lowest BCUT2D eigenvalue weighted by atomic mass is 9.90. The summed E-state index contributed by atoms with van der Waals surface area (Å²) < 4.78 is 52.9. The van der Waals surface area contributed by atoms with Gasteiger partial charge in [0.05, 0.1) is 16.9 Å². The maximum Gasteiger partial charge on any atom is 0.416 e. The van der Waals surface area contributed by atoms with Crippen molar-refractivity contribution in [3.63, 3.8) is 0 Å². The van der Waals surface area contributed by atoms with Gasteiger partial charge in [-0.2, -0.15) is 13.2 Å². The highest BCUT2D eigenvalue weighted by Gasteiger charge is 2.31. The number of alkyl halides is 3. The molecule has 1 N–H and O–H groups in total. The van der Waals surface area contributed by atoms with Crippen LogP contribution in [0.2, 0.25) is 0 Å². The Morgan fingerprint density at radius 1 is 1.10 bits per heavy atom. The van der Waals surface area contributed by atoms with Gasteiger partial charge in [-0.05, 0) is 66.6 Å². The van der Waals surface area contributed by atoms with E-state index in [-0.39, 0.29) is 12.3 Å². The van der Waals surface area contributed by atoms with E-state index in [0.29, 0.717) is 36.4 Å². The quantitative estimate of drug-likeness (QED) is 0.641. The molecule has 2 aromatic rings. The smallest absolute Gasteiger partial charge is 0.416 e. The Labute approximate surface area is 183 Å². The average Bonchev–Trinajstić information content (AvgIpc) is 2.75. The highest BCUT2D eigenvalue weighted by molar-refractivity contribution is 7.82. The molecule has 1 aliphatic rings. The third kappa shape index (κ3) is 6.64. The fourth-order valence-electron chi connectivity index (χ4n) is 3.56. The van der Waals surface area contributed by atoms with Crippen LogP contribution < -0.4 is 0 Å². The Morgan fingerprint density at radius 3 is 2.19 bits per heavy atom. The zero-order valence-electron chi connectivity index (χ0n) is 17.9. The third-order valence-corrected chi connectivity index (χ3v) is 6.75. The molecule has 0 aromatic heterocycles. The van der Waals surface area contributed by atoms with E-state index in [0.717, 1.165) is 23.3 Å². The summed E-state index contributed by atoms with van der Waals surface area (Å²) in [6, 6.07) is 10.5. The van der Waals surface area contributed by atoms with E-state index in [4.69, 9.17) is 5.11 Å². The van der Waals surface area contributed by atoms with Crippen molar-refractivity contribution < 1.29 is 27.3 Å². The number of aryl methyl sites for hydroxylation is 1. The summed E-state index contributed by atoms with van der Waals surface area (Å²) in [5, 5.41) is 9.02. The molecule has 2 aromatic carbocycles. The lowest BCUT2D eigenvalue weighted by Crippen LogP contribution is -2.34. The van der Waals surface area contributed by atoms with Crippen LogP contribution in [0, 0.1) is 6.92 Å². The number of halogens is 3. The van der Waals surface area contributed by atoms with E-state index >= 15 is 0 Å². The van der Waals surface area contributed by atoms with Crippen LogP contribution in [0.4, 0.5) is 13.2 Å². The first-order valence-electron chi connectivity index (χ1n) is 10.3. The van der Waals surface area contributed by atoms with Gasteiger partial charge in [0.25, 0.3) is 0 Å². The van der Waals surface area contributed by atoms with Gasteiger partial charge in [-0.25, -0.2) is 8.51 Å². The van der Waals surface area contributed by atoms with Gasteiger partial charge in [-0.1, -0.05) is 32.0 Å². The number of rotatable bonds is 5. The summed E-state index contributed by atoms with van der Waals surface area (Å²) in [6.45, 7) is 6.93. The summed E-state index contributed by atoms with van der Waals surface area (Å²) in [5.74, 6) is -0.806. The fourth-order valence-corrected chi connectivity index (χ4v) is 4.83. The summed E-state index contributed by atoms with van der Waals surface area (Å²) >= 11 is 0. The molecule has 1 unspecified atom stereocenters. The number of aliphatic carboxylic acids is 1. The normalized spacial score (nSPS) is 16.3. The first-order chi connectivity index (χ1) is 14.6. The minimum Gasteiger partial charge on any atom is -0.481 e. The van der Waals surface area contributed by atoms with Gasteiger partial charge in [0, 0.05) is 13.1 Å². The highest BCUT2D eigenvalue weighted by atomic mass is 32.2. The van der Waals surface area contributed by atoms with Crippen LogP contribution in [0.1, 0.15) is 54.9 Å². The Morgan fingerprint density at radius 2 is 1.68 bits per heavy atom. The van der Waals surface area contributed by atoms with E-state index in [1.807, 2.05) is 25.1 Å². The van der Waals surface area contributed by atoms with Crippen molar-refractivity contribution in [1.29, 1.82) is 0 Å². The summed E-state index contributed by atoms with van der Waals surface area (Å²) in [6.07, 6.45) is -3.06. The largest absolute Gasteiger partial charge is 0.481 e.